The number of esters is 1. The Balaban J connectivity index is 0.00000320. The lowest BCUT2D eigenvalue weighted by Crippen LogP contribution is -2.43. The van der Waals surface area contributed by atoms with Gasteiger partial charge in [0.1, 0.15) is 6.61 Å². The summed E-state index contributed by atoms with van der Waals surface area (Å²) in [6.45, 7) is 6.21. The maximum absolute atomic E-state index is 12.8. The second kappa shape index (κ2) is 10.3. The third-order valence-corrected chi connectivity index (χ3v) is 9.43. The highest BCUT2D eigenvalue weighted by Crippen LogP contribution is 2.42. The minimum atomic E-state index is -3.45. The molecule has 1 aromatic heterocycles. The highest BCUT2D eigenvalue weighted by Gasteiger charge is 2.46. The molecular weight excluding hydrogens is 520 g/mol. The van der Waals surface area contributed by atoms with E-state index < -0.39 is 15.9 Å². The van der Waals surface area contributed by atoms with Gasteiger partial charge < -0.3 is 14.7 Å². The number of amides is 1. The van der Waals surface area contributed by atoms with Crippen LogP contribution in [0.3, 0.4) is 0 Å². The zero-order valence-corrected chi connectivity index (χ0v) is 22.5. The van der Waals surface area contributed by atoms with Gasteiger partial charge in [-0.15, -0.1) is 12.4 Å². The fraction of sp³-hybridized carbons (Fsp3) is 0.520. The van der Waals surface area contributed by atoms with Crippen molar-refractivity contribution in [2.45, 2.75) is 50.8 Å². The molecule has 3 aliphatic heterocycles. The lowest BCUT2D eigenvalue weighted by molar-refractivity contribution is -0.118. The van der Waals surface area contributed by atoms with Gasteiger partial charge in [-0.3, -0.25) is 9.69 Å². The number of hydrogen-bond acceptors (Lipinski definition) is 9. The lowest BCUT2D eigenvalue weighted by Gasteiger charge is -2.39. The number of anilines is 1. The standard InChI is InChI=1S/C25H30N4O6S.ClH/c1-3-36(33,34)22-12-26-21(11-27-22)29-15-25(10-23(29)31)6-8-28(9-7-25)13-20(30)17-4-5-18-19(16(17)2)14-35-24(18)32;/h4-5,11-12,20,30H,3,6-10,13-15H2,1-2H3;1H/t20-;/m0./s1. The highest BCUT2D eigenvalue weighted by molar-refractivity contribution is 7.91. The molecule has 4 heterocycles. The third kappa shape index (κ3) is 5.09. The zero-order valence-electron chi connectivity index (χ0n) is 20.8. The van der Waals surface area contributed by atoms with E-state index in [0.29, 0.717) is 30.9 Å². The van der Waals surface area contributed by atoms with E-state index in [9.17, 15) is 23.1 Å². The summed E-state index contributed by atoms with van der Waals surface area (Å²) in [5.41, 5.74) is 2.96. The summed E-state index contributed by atoms with van der Waals surface area (Å²) >= 11 is 0. The van der Waals surface area contributed by atoms with Gasteiger partial charge in [-0.2, -0.15) is 0 Å². The van der Waals surface area contributed by atoms with Crippen molar-refractivity contribution in [1.29, 1.82) is 0 Å². The minimum absolute atomic E-state index is 0. The van der Waals surface area contributed by atoms with Gasteiger partial charge >= 0.3 is 5.97 Å². The zero-order chi connectivity index (χ0) is 25.7. The van der Waals surface area contributed by atoms with Crippen molar-refractivity contribution in [2.75, 3.05) is 36.8 Å². The molecule has 0 bridgehead atoms. The molecule has 1 atom stereocenters. The van der Waals surface area contributed by atoms with E-state index in [1.165, 1.54) is 12.4 Å². The first-order valence-corrected chi connectivity index (χ1v) is 13.8. The number of carbonyl (C=O) groups excluding carboxylic acids is 2. The average molecular weight is 551 g/mol. The van der Waals surface area contributed by atoms with Crippen LogP contribution < -0.4 is 4.90 Å². The predicted molar refractivity (Wildman–Crippen MR) is 137 cm³/mol. The molecule has 2 fully saturated rings. The summed E-state index contributed by atoms with van der Waals surface area (Å²) in [5, 5.41) is 10.9. The molecule has 0 aliphatic carbocycles. The van der Waals surface area contributed by atoms with Crippen LogP contribution in [0.15, 0.2) is 29.6 Å². The van der Waals surface area contributed by atoms with Crippen molar-refractivity contribution < 1.29 is 27.9 Å². The van der Waals surface area contributed by atoms with E-state index in [4.69, 9.17) is 4.74 Å². The summed E-state index contributed by atoms with van der Waals surface area (Å²) in [5.74, 6) is -0.0322. The molecule has 2 saturated heterocycles. The summed E-state index contributed by atoms with van der Waals surface area (Å²) in [6, 6.07) is 3.54. The molecule has 0 saturated carbocycles. The van der Waals surface area contributed by atoms with Gasteiger partial charge in [-0.25, -0.2) is 23.2 Å². The van der Waals surface area contributed by atoms with Gasteiger partial charge in [0.25, 0.3) is 0 Å². The Kier molecular flexibility index (Phi) is 7.62. The maximum Gasteiger partial charge on any atom is 0.338 e. The molecular formula is C25H31ClN4O6S. The quantitative estimate of drug-likeness (QED) is 0.538. The normalized spacial score (nSPS) is 20.0. The Labute approximate surface area is 222 Å². The number of piperidine rings is 1. The van der Waals surface area contributed by atoms with Crippen LogP contribution in [0.4, 0.5) is 5.82 Å². The molecule has 12 heteroatoms. The first kappa shape index (κ1) is 27.4. The summed E-state index contributed by atoms with van der Waals surface area (Å²) in [4.78, 5) is 36.7. The van der Waals surface area contributed by atoms with Crippen LogP contribution in [0.5, 0.6) is 0 Å². The maximum atomic E-state index is 12.8. The van der Waals surface area contributed by atoms with Gasteiger partial charge in [0.15, 0.2) is 20.7 Å². The number of aliphatic hydroxyl groups excluding tert-OH is 1. The first-order valence-electron chi connectivity index (χ1n) is 12.2. The number of sulfone groups is 1. The predicted octanol–water partition coefficient (Wildman–Crippen LogP) is 2.22. The van der Waals surface area contributed by atoms with Gasteiger partial charge in [0, 0.05) is 25.1 Å². The molecule has 1 spiro atoms. The second-order valence-corrected chi connectivity index (χ2v) is 12.2. The van der Waals surface area contributed by atoms with E-state index in [0.717, 1.165) is 42.6 Å². The molecule has 3 aliphatic rings. The Morgan fingerprint density at radius 3 is 2.54 bits per heavy atom. The Hall–Kier alpha value is -2.60. The summed E-state index contributed by atoms with van der Waals surface area (Å²) in [7, 11) is -3.45. The molecule has 0 unspecified atom stereocenters. The van der Waals surface area contributed by atoms with Crippen molar-refractivity contribution in [3.05, 3.63) is 46.8 Å². The molecule has 0 radical (unpaired) electrons. The SMILES string of the molecule is CCS(=O)(=O)c1cnc(N2CC3(CCN(C[C@H](O)c4ccc5c(c4C)COC5=O)CC3)CC2=O)cn1.Cl. The molecule has 10 nitrogen and oxygen atoms in total. The molecule has 1 amide bonds. The first-order chi connectivity index (χ1) is 17.1. The Morgan fingerprint density at radius 2 is 1.89 bits per heavy atom. The number of aromatic nitrogens is 2. The number of benzene rings is 1. The number of rotatable bonds is 6. The van der Waals surface area contributed by atoms with E-state index in [2.05, 4.69) is 14.9 Å². The Bertz CT molecular complexity index is 1310. The smallest absolute Gasteiger partial charge is 0.338 e. The molecule has 37 heavy (non-hydrogen) atoms. The van der Waals surface area contributed by atoms with Crippen molar-refractivity contribution >= 4 is 39.9 Å². The summed E-state index contributed by atoms with van der Waals surface area (Å²) < 4.78 is 29.1. The fourth-order valence-corrected chi connectivity index (χ4v) is 6.20. The number of nitrogens with zero attached hydrogens (tertiary/aromatic N) is 4. The van der Waals surface area contributed by atoms with E-state index in [1.807, 2.05) is 13.0 Å². The van der Waals surface area contributed by atoms with Gasteiger partial charge in [-0.1, -0.05) is 13.0 Å². The topological polar surface area (TPSA) is 130 Å². The number of halogens is 1. The number of carbonyl (C=O) groups is 2. The largest absolute Gasteiger partial charge is 0.457 e. The number of hydrogen-bond donors (Lipinski definition) is 1. The van der Waals surface area contributed by atoms with Gasteiger partial charge in [-0.05, 0) is 55.5 Å². The average Bonchev–Trinajstić information content (AvgIpc) is 3.41. The van der Waals surface area contributed by atoms with Crippen molar-refractivity contribution in [3.8, 4) is 0 Å². The van der Waals surface area contributed by atoms with Crippen molar-refractivity contribution in [2.24, 2.45) is 5.41 Å². The highest BCUT2D eigenvalue weighted by atomic mass is 35.5. The number of aliphatic hydroxyl groups is 1. The van der Waals surface area contributed by atoms with E-state index >= 15 is 0 Å². The molecule has 2 aromatic rings. The van der Waals surface area contributed by atoms with Gasteiger partial charge in [0.2, 0.25) is 5.91 Å². The number of ether oxygens (including phenoxy) is 1. The summed E-state index contributed by atoms with van der Waals surface area (Å²) in [6.07, 6.45) is 3.93. The molecule has 1 N–H and O–H groups in total. The van der Waals surface area contributed by atoms with Gasteiger partial charge in [0.05, 0.1) is 29.8 Å². The van der Waals surface area contributed by atoms with Crippen molar-refractivity contribution in [3.63, 3.8) is 0 Å². The van der Waals surface area contributed by atoms with Crippen LogP contribution in [0.25, 0.3) is 0 Å². The minimum Gasteiger partial charge on any atom is -0.457 e. The van der Waals surface area contributed by atoms with Crippen LogP contribution in [-0.4, -0.2) is 72.2 Å². The van der Waals surface area contributed by atoms with Crippen LogP contribution in [0.2, 0.25) is 0 Å². The Morgan fingerprint density at radius 1 is 1.16 bits per heavy atom. The van der Waals surface area contributed by atoms with Crippen LogP contribution in [0.1, 0.15) is 59.3 Å². The lowest BCUT2D eigenvalue weighted by atomic mass is 9.77. The molecule has 5 rings (SSSR count). The van der Waals surface area contributed by atoms with E-state index in [1.54, 1.807) is 17.9 Å². The molecule has 1 aromatic carbocycles. The number of fused-ring (bicyclic) bond motifs is 1. The second-order valence-electron chi connectivity index (χ2n) is 9.97. The van der Waals surface area contributed by atoms with Crippen molar-refractivity contribution in [1.82, 2.24) is 14.9 Å². The number of cyclic esters (lactones) is 1. The third-order valence-electron chi connectivity index (χ3n) is 7.83. The van der Waals surface area contributed by atoms with E-state index in [-0.39, 0.29) is 47.1 Å². The van der Waals surface area contributed by atoms with Crippen LogP contribution in [-0.2, 0) is 26.0 Å². The van der Waals surface area contributed by atoms with Crippen LogP contribution >= 0.6 is 12.4 Å². The number of β-amino-alcohol motifs (C(OH)–C–C–N with tert-alkyl or cyclic N) is 1. The fourth-order valence-electron chi connectivity index (χ4n) is 5.48. The monoisotopic (exact) mass is 550 g/mol. The molecule has 200 valence electrons. The van der Waals surface area contributed by atoms with Crippen LogP contribution in [0, 0.1) is 12.3 Å². The number of likely N-dealkylation sites (tertiary alicyclic amines) is 1.